The number of allylic oxidation sites excluding steroid dienone is 2. The number of amides is 4. The van der Waals surface area contributed by atoms with E-state index in [1.54, 1.807) is 0 Å². The topological polar surface area (TPSA) is 207 Å². The molecular formula is C21H36I3N6O5-. The summed E-state index contributed by atoms with van der Waals surface area (Å²) in [5.41, 5.74) is 16.7. The molecule has 9 N–H and O–H groups in total. The van der Waals surface area contributed by atoms with Gasteiger partial charge in [0.1, 0.15) is 5.78 Å². The van der Waals surface area contributed by atoms with Gasteiger partial charge in [0, 0.05) is 30.7 Å². The van der Waals surface area contributed by atoms with Crippen molar-refractivity contribution in [2.24, 2.45) is 23.1 Å². The van der Waals surface area contributed by atoms with Crippen LogP contribution in [0.2, 0.25) is 0 Å². The number of rotatable bonds is 1. The van der Waals surface area contributed by atoms with Crippen molar-refractivity contribution in [3.05, 3.63) is 43.4 Å². The third-order valence-electron chi connectivity index (χ3n) is 5.36. The Hall–Kier alpha value is -1.18. The molecule has 0 radical (unpaired) electrons. The van der Waals surface area contributed by atoms with Gasteiger partial charge in [-0.15, -0.1) is 0 Å². The van der Waals surface area contributed by atoms with E-state index in [0.29, 0.717) is 25.0 Å². The van der Waals surface area contributed by atoms with Gasteiger partial charge in [-0.1, -0.05) is 12.5 Å². The molecule has 4 amide bonds. The van der Waals surface area contributed by atoms with Gasteiger partial charge in [-0.2, -0.15) is 0 Å². The van der Waals surface area contributed by atoms with Gasteiger partial charge in [0.15, 0.2) is 0 Å². The smallest absolute Gasteiger partial charge is 0.325 e. The number of carbonyl (C=O) groups excluding carboxylic acids is 3. The van der Waals surface area contributed by atoms with E-state index in [-0.39, 0.29) is 6.99 Å². The van der Waals surface area contributed by atoms with E-state index < -0.39 is 17.8 Å². The SMILES string of the molecule is CC1=C(NC(N)=O)CCC1.CC1CCCC1=O.I[I-]I.NC(N)=O.O=c1[nH]c2c(c(=O)[nH]1)CCC2.[2HH]. The summed E-state index contributed by atoms with van der Waals surface area (Å²) < 4.78 is 0. The minimum Gasteiger partial charge on any atom is -0.352 e. The molecule has 0 saturated heterocycles. The zero-order valence-electron chi connectivity index (χ0n) is 19.8. The molecule has 4 rings (SSSR count). The van der Waals surface area contributed by atoms with Crippen molar-refractivity contribution in [1.82, 2.24) is 15.3 Å². The number of hydrogen-bond donors (Lipinski definition) is 6. The zero-order valence-corrected chi connectivity index (χ0v) is 26.3. The van der Waals surface area contributed by atoms with Crippen LogP contribution in [-0.4, -0.2) is 27.8 Å². The quantitative estimate of drug-likeness (QED) is 0.217. The molecule has 0 bridgehead atoms. The number of hydrogen-bond acceptors (Lipinski definition) is 5. The molecule has 1 saturated carbocycles. The first-order valence-corrected chi connectivity index (χ1v) is 23.5. The van der Waals surface area contributed by atoms with Gasteiger partial charge in [0.25, 0.3) is 5.56 Å². The Kier molecular flexibility index (Phi) is 18.4. The molecule has 1 unspecified atom stereocenters. The van der Waals surface area contributed by atoms with Crippen LogP contribution in [0.15, 0.2) is 20.9 Å². The molecule has 11 nitrogen and oxygen atoms in total. The summed E-state index contributed by atoms with van der Waals surface area (Å²) in [6.45, 7) is 4.04. The molecule has 0 aliphatic heterocycles. The van der Waals surface area contributed by atoms with Crippen LogP contribution in [-0.2, 0) is 17.6 Å². The number of primary amides is 3. The van der Waals surface area contributed by atoms with Crippen LogP contribution in [0.1, 0.15) is 71.5 Å². The van der Waals surface area contributed by atoms with E-state index in [1.807, 2.05) is 13.8 Å². The number of aromatic amines is 2. The Morgan fingerprint density at radius 3 is 1.94 bits per heavy atom. The van der Waals surface area contributed by atoms with Crippen molar-refractivity contribution < 1.29 is 29.1 Å². The molecule has 1 heterocycles. The fourth-order valence-corrected chi connectivity index (χ4v) is 3.68. The fourth-order valence-electron chi connectivity index (χ4n) is 3.68. The second-order valence-electron chi connectivity index (χ2n) is 8.04. The summed E-state index contributed by atoms with van der Waals surface area (Å²) in [4.78, 5) is 56.6. The number of fused-ring (bicyclic) bond motifs is 1. The maximum atomic E-state index is 11.1. The average molecular weight is 834 g/mol. The predicted molar refractivity (Wildman–Crippen MR) is 151 cm³/mol. The molecule has 1 aromatic rings. The minimum atomic E-state index is -0.833. The van der Waals surface area contributed by atoms with Gasteiger partial charge in [0.2, 0.25) is 0 Å². The molecule has 3 aliphatic rings. The first-order valence-electron chi connectivity index (χ1n) is 11.0. The van der Waals surface area contributed by atoms with Crippen molar-refractivity contribution in [1.29, 1.82) is 0 Å². The summed E-state index contributed by atoms with van der Waals surface area (Å²) in [6.07, 6.45) is 8.88. The normalized spacial score (nSPS) is 17.4. The van der Waals surface area contributed by atoms with E-state index in [4.69, 9.17) is 10.5 Å². The largest absolute Gasteiger partial charge is 0.352 e. The molecular weight excluding hydrogens is 797 g/mol. The molecule has 0 spiro atoms. The van der Waals surface area contributed by atoms with Crippen molar-refractivity contribution in [3.8, 4) is 0 Å². The Morgan fingerprint density at radius 1 is 0.971 bits per heavy atom. The molecule has 0 aromatic carbocycles. The standard InChI is InChI=1S/C7H8N2O2.C7H12N2O.C6H10O.CH4N2O.I3.H2/c10-6-4-2-1-3-5(4)8-7(11)9-6;1-5-3-2-4-6(5)9-7(8)10;1-5-3-2-4-6(5)7;2-1(3)4;1-3-2;/h1-3H2,(H2,8,9,10,11);2-4H2,1H3,(H3,8,9,10);5H,2-4H2,1H3;(H4,2,3,4);;1H/q;;;;-1;/i;;;;;1+1. The summed E-state index contributed by atoms with van der Waals surface area (Å²) in [5, 5.41) is 2.61. The zero-order chi connectivity index (χ0) is 27.0. The Morgan fingerprint density at radius 2 is 1.54 bits per heavy atom. The number of urea groups is 2. The van der Waals surface area contributed by atoms with Crippen molar-refractivity contribution in [2.75, 3.05) is 0 Å². The molecule has 35 heavy (non-hydrogen) atoms. The summed E-state index contributed by atoms with van der Waals surface area (Å²) >= 11 is 5.30. The van der Waals surface area contributed by atoms with E-state index in [9.17, 15) is 19.2 Å². The Labute approximate surface area is 235 Å². The number of Topliss-reactive ketones (excluding diaryl/α,β-unsaturated/α-hetero) is 1. The van der Waals surface area contributed by atoms with Gasteiger partial charge < -0.3 is 27.5 Å². The van der Waals surface area contributed by atoms with Gasteiger partial charge in [-0.25, -0.2) is 14.4 Å². The summed E-state index contributed by atoms with van der Waals surface area (Å²) in [6, 6.07) is -1.28. The number of carbonyl (C=O) groups is 3. The second-order valence-corrected chi connectivity index (χ2v) is 24.3. The molecule has 202 valence electrons. The third kappa shape index (κ3) is 15.5. The van der Waals surface area contributed by atoms with Crippen molar-refractivity contribution in [2.45, 2.75) is 71.6 Å². The monoisotopic (exact) mass is 834 g/mol. The van der Waals surface area contributed by atoms with Crippen LogP contribution in [0.5, 0.6) is 0 Å². The van der Waals surface area contributed by atoms with Crippen LogP contribution < -0.4 is 47.0 Å². The van der Waals surface area contributed by atoms with Crippen LogP contribution >= 0.6 is 37.2 Å². The number of H-pyrrole nitrogens is 2. The molecule has 1 atom stereocenters. The third-order valence-corrected chi connectivity index (χ3v) is 5.36. The first-order chi connectivity index (χ1) is 16.4. The molecule has 14 heteroatoms. The van der Waals surface area contributed by atoms with Crippen molar-refractivity contribution >= 4 is 55.1 Å². The van der Waals surface area contributed by atoms with Gasteiger partial charge >= 0.3 is 68.2 Å². The van der Waals surface area contributed by atoms with Crippen molar-refractivity contribution in [3.63, 3.8) is 0 Å². The number of aryl methyl sites for hydroxylation is 1. The maximum absolute atomic E-state index is 11.1. The number of aromatic nitrogens is 2. The van der Waals surface area contributed by atoms with Crippen LogP contribution in [0, 0.1) is 5.92 Å². The van der Waals surface area contributed by atoms with Crippen LogP contribution in [0.25, 0.3) is 0 Å². The second kappa shape index (κ2) is 19.0. The molecule has 3 aliphatic carbocycles. The molecule has 1 fully saturated rings. The number of ketones is 1. The minimum absolute atomic E-state index is 0. The van der Waals surface area contributed by atoms with Gasteiger partial charge in [0.05, 0.1) is 0 Å². The average Bonchev–Trinajstić information content (AvgIpc) is 3.46. The molecule has 1 aromatic heterocycles. The number of nitrogens with one attached hydrogen (secondary N) is 3. The van der Waals surface area contributed by atoms with E-state index in [1.165, 1.54) is 5.57 Å². The Balaban J connectivity index is 0. The van der Waals surface area contributed by atoms with Gasteiger partial charge in [-0.3, -0.25) is 14.6 Å². The number of nitrogens with two attached hydrogens (primary N) is 3. The fraction of sp³-hybridized carbons (Fsp3) is 0.571. The predicted octanol–water partition coefficient (Wildman–Crippen LogP) is 0.0852. The van der Waals surface area contributed by atoms with E-state index in [2.05, 4.69) is 64.0 Å². The maximum Gasteiger partial charge on any atom is 0.325 e. The number of halogens is 3. The Bertz CT molecular complexity index is 995. The van der Waals surface area contributed by atoms with Crippen LogP contribution in [0.4, 0.5) is 9.59 Å². The summed E-state index contributed by atoms with van der Waals surface area (Å²) in [7, 11) is 0. The summed E-state index contributed by atoms with van der Waals surface area (Å²) in [5.74, 6) is 0.833. The van der Waals surface area contributed by atoms with E-state index in [0.717, 1.165) is 74.7 Å². The van der Waals surface area contributed by atoms with Crippen LogP contribution in [0.3, 0.4) is 0 Å². The van der Waals surface area contributed by atoms with Gasteiger partial charge in [-0.05, 0) is 58.3 Å². The van der Waals surface area contributed by atoms with E-state index >= 15 is 0 Å². The first kappa shape index (κ1) is 33.8.